The summed E-state index contributed by atoms with van der Waals surface area (Å²) in [5.41, 5.74) is 0.791. The number of non-ortho nitro benzene ring substituents is 1. The molecule has 2 aromatic carbocycles. The lowest BCUT2D eigenvalue weighted by Crippen LogP contribution is -2.54. The molecule has 3 amide bonds. The summed E-state index contributed by atoms with van der Waals surface area (Å²) in [6.07, 6.45) is 1.50. The molecular weight excluding hydrogens is 440 g/mol. The van der Waals surface area contributed by atoms with Crippen molar-refractivity contribution in [3.63, 3.8) is 0 Å². The first-order valence-corrected chi connectivity index (χ1v) is 11.2. The molecule has 4 aliphatic heterocycles. The van der Waals surface area contributed by atoms with Crippen molar-refractivity contribution in [3.8, 4) is 5.75 Å². The highest BCUT2D eigenvalue weighted by atomic mass is 16.6. The molecule has 1 N–H and O–H groups in total. The van der Waals surface area contributed by atoms with Gasteiger partial charge < -0.3 is 10.1 Å². The van der Waals surface area contributed by atoms with Crippen LogP contribution in [0.4, 0.5) is 17.1 Å². The summed E-state index contributed by atoms with van der Waals surface area (Å²) in [5, 5.41) is 14.4. The van der Waals surface area contributed by atoms with Crippen LogP contribution in [0.25, 0.3) is 0 Å². The molecule has 4 heterocycles. The molecule has 0 aliphatic carbocycles. The Morgan fingerprint density at radius 2 is 1.94 bits per heavy atom. The Kier molecular flexibility index (Phi) is 4.20. The maximum atomic E-state index is 14.1. The molecule has 3 fully saturated rings. The summed E-state index contributed by atoms with van der Waals surface area (Å²) in [6.45, 7) is 2.53. The Morgan fingerprint density at radius 3 is 2.68 bits per heavy atom. The van der Waals surface area contributed by atoms with Gasteiger partial charge in [-0.05, 0) is 38.4 Å². The van der Waals surface area contributed by atoms with Gasteiger partial charge in [0.25, 0.3) is 5.69 Å². The minimum atomic E-state index is -1.29. The number of nitrogens with zero attached hydrogens (tertiary/aromatic N) is 3. The smallest absolute Gasteiger partial charge is 0.271 e. The molecule has 0 bridgehead atoms. The van der Waals surface area contributed by atoms with E-state index >= 15 is 0 Å². The molecule has 10 nitrogen and oxygen atoms in total. The number of imide groups is 1. The molecule has 0 radical (unpaired) electrons. The standard InChI is InChI=1S/C24H22N4O6/c1-12-5-7-15-14(10-12)24(23(31)25-15)20-19(16-4-3-9-26(16)24)21(29)27(22(20)30)17-11-13(28(32)33)6-8-18(17)34-2/h5-8,10-11,16,19-20H,3-4,9H2,1-2H3,(H,25,31)/t16-,19+,20-,24-/m0/s1. The van der Waals surface area contributed by atoms with Gasteiger partial charge in [-0.1, -0.05) is 17.7 Å². The average Bonchev–Trinajstić information content (AvgIpc) is 3.52. The number of benzene rings is 2. The fraction of sp³-hybridized carbons (Fsp3) is 0.375. The number of hydrogen-bond donors (Lipinski definition) is 1. The molecular formula is C24H22N4O6. The number of fused-ring (bicyclic) bond motifs is 7. The minimum Gasteiger partial charge on any atom is -0.495 e. The maximum Gasteiger partial charge on any atom is 0.271 e. The molecule has 0 unspecified atom stereocenters. The summed E-state index contributed by atoms with van der Waals surface area (Å²) in [6, 6.07) is 9.19. The lowest BCUT2D eigenvalue weighted by molar-refractivity contribution is -0.384. The molecule has 1 spiro atoms. The first-order chi connectivity index (χ1) is 16.3. The zero-order valence-corrected chi connectivity index (χ0v) is 18.6. The van der Waals surface area contributed by atoms with Gasteiger partial charge in [-0.3, -0.25) is 29.4 Å². The van der Waals surface area contributed by atoms with Crippen LogP contribution in [0.5, 0.6) is 5.75 Å². The first kappa shape index (κ1) is 20.8. The molecule has 3 saturated heterocycles. The van der Waals surface area contributed by atoms with Crippen molar-refractivity contribution < 1.29 is 24.0 Å². The Hall–Kier alpha value is -3.79. The van der Waals surface area contributed by atoms with Gasteiger partial charge in [-0.15, -0.1) is 0 Å². The quantitative estimate of drug-likeness (QED) is 0.422. The monoisotopic (exact) mass is 462 g/mol. The number of aryl methyl sites for hydroxylation is 1. The largest absolute Gasteiger partial charge is 0.495 e. The van der Waals surface area contributed by atoms with E-state index in [0.29, 0.717) is 24.2 Å². The predicted molar refractivity (Wildman–Crippen MR) is 120 cm³/mol. The summed E-state index contributed by atoms with van der Waals surface area (Å²) in [5.74, 6) is -2.77. The molecule has 2 aromatic rings. The van der Waals surface area contributed by atoms with E-state index in [1.165, 1.54) is 25.3 Å². The van der Waals surface area contributed by atoms with Gasteiger partial charge in [0, 0.05) is 29.4 Å². The molecule has 4 atom stereocenters. The second-order valence-electron chi connectivity index (χ2n) is 9.30. The maximum absolute atomic E-state index is 14.1. The first-order valence-electron chi connectivity index (χ1n) is 11.2. The topological polar surface area (TPSA) is 122 Å². The van der Waals surface area contributed by atoms with Crippen molar-refractivity contribution in [1.82, 2.24) is 4.90 Å². The Balaban J connectivity index is 1.56. The fourth-order valence-corrected chi connectivity index (χ4v) is 6.52. The number of anilines is 2. The van der Waals surface area contributed by atoms with E-state index < -0.39 is 34.1 Å². The molecule has 4 aliphatic rings. The molecule has 34 heavy (non-hydrogen) atoms. The van der Waals surface area contributed by atoms with Gasteiger partial charge in [0.1, 0.15) is 17.0 Å². The van der Waals surface area contributed by atoms with Crippen LogP contribution in [-0.4, -0.2) is 47.2 Å². The summed E-state index contributed by atoms with van der Waals surface area (Å²) in [4.78, 5) is 55.4. The highest BCUT2D eigenvalue weighted by Gasteiger charge is 2.74. The van der Waals surface area contributed by atoms with Gasteiger partial charge in [-0.25, -0.2) is 4.90 Å². The number of hydrogen-bond acceptors (Lipinski definition) is 7. The van der Waals surface area contributed by atoms with Crippen LogP contribution >= 0.6 is 0 Å². The minimum absolute atomic E-state index is 0.0312. The Bertz CT molecular complexity index is 1310. The van der Waals surface area contributed by atoms with Crippen LogP contribution in [0.2, 0.25) is 0 Å². The second-order valence-corrected chi connectivity index (χ2v) is 9.30. The number of carbonyl (C=O) groups excluding carboxylic acids is 3. The highest BCUT2D eigenvalue weighted by Crippen LogP contribution is 2.61. The van der Waals surface area contributed by atoms with Crippen molar-refractivity contribution in [1.29, 1.82) is 0 Å². The van der Waals surface area contributed by atoms with E-state index in [2.05, 4.69) is 5.32 Å². The number of nitro groups is 1. The van der Waals surface area contributed by atoms with E-state index in [0.717, 1.165) is 16.9 Å². The van der Waals surface area contributed by atoms with Crippen molar-refractivity contribution in [2.24, 2.45) is 11.8 Å². The Morgan fingerprint density at radius 1 is 1.15 bits per heavy atom. The van der Waals surface area contributed by atoms with Crippen LogP contribution in [0.1, 0.15) is 24.0 Å². The lowest BCUT2D eigenvalue weighted by Gasteiger charge is -2.36. The average molecular weight is 462 g/mol. The zero-order chi connectivity index (χ0) is 23.9. The molecule has 6 rings (SSSR count). The zero-order valence-electron chi connectivity index (χ0n) is 18.6. The normalized spacial score (nSPS) is 29.4. The summed E-state index contributed by atoms with van der Waals surface area (Å²) < 4.78 is 5.35. The van der Waals surface area contributed by atoms with E-state index in [4.69, 9.17) is 4.74 Å². The van der Waals surface area contributed by atoms with Crippen molar-refractivity contribution >= 4 is 34.8 Å². The van der Waals surface area contributed by atoms with E-state index in [-0.39, 0.29) is 29.1 Å². The third-order valence-corrected chi connectivity index (χ3v) is 7.76. The summed E-state index contributed by atoms with van der Waals surface area (Å²) in [7, 11) is 1.38. The number of ether oxygens (including phenoxy) is 1. The SMILES string of the molecule is COc1ccc([N+](=O)[O-])cc1N1C(=O)[C@H]2[C@@H](C1=O)[C@@]1(C(=O)Nc3ccc(C)cc31)N1CCC[C@@H]21. The van der Waals surface area contributed by atoms with Crippen molar-refractivity contribution in [3.05, 3.63) is 57.6 Å². The number of methoxy groups -OCH3 is 1. The summed E-state index contributed by atoms with van der Waals surface area (Å²) >= 11 is 0. The van der Waals surface area contributed by atoms with Crippen LogP contribution < -0.4 is 15.0 Å². The molecule has 10 heteroatoms. The van der Waals surface area contributed by atoms with Gasteiger partial charge in [0.05, 0.1) is 23.9 Å². The number of rotatable bonds is 3. The third kappa shape index (κ3) is 2.35. The van der Waals surface area contributed by atoms with Gasteiger partial charge in [0.2, 0.25) is 17.7 Å². The second kappa shape index (κ2) is 6.86. The van der Waals surface area contributed by atoms with Crippen LogP contribution in [0, 0.1) is 28.9 Å². The van der Waals surface area contributed by atoms with Crippen molar-refractivity contribution in [2.75, 3.05) is 23.9 Å². The van der Waals surface area contributed by atoms with Gasteiger partial charge in [-0.2, -0.15) is 0 Å². The molecule has 0 saturated carbocycles. The number of carbonyl (C=O) groups is 3. The van der Waals surface area contributed by atoms with E-state index in [9.17, 15) is 24.5 Å². The number of amides is 3. The third-order valence-electron chi connectivity index (χ3n) is 7.76. The Labute approximate surface area is 194 Å². The van der Waals surface area contributed by atoms with E-state index in [1.54, 1.807) is 0 Å². The van der Waals surface area contributed by atoms with Crippen LogP contribution in [0.15, 0.2) is 36.4 Å². The van der Waals surface area contributed by atoms with Crippen molar-refractivity contribution in [2.45, 2.75) is 31.3 Å². The molecule has 174 valence electrons. The number of nitro benzene ring substituents is 1. The fourth-order valence-electron chi connectivity index (χ4n) is 6.52. The highest BCUT2D eigenvalue weighted by molar-refractivity contribution is 6.26. The lowest BCUT2D eigenvalue weighted by atomic mass is 9.75. The van der Waals surface area contributed by atoms with Gasteiger partial charge >= 0.3 is 0 Å². The molecule has 0 aromatic heterocycles. The predicted octanol–water partition coefficient (Wildman–Crippen LogP) is 2.34. The van der Waals surface area contributed by atoms with Crippen LogP contribution in [0.3, 0.4) is 0 Å². The van der Waals surface area contributed by atoms with E-state index in [1.807, 2.05) is 30.0 Å². The van der Waals surface area contributed by atoms with Crippen LogP contribution in [-0.2, 0) is 19.9 Å². The van der Waals surface area contributed by atoms with Gasteiger partial charge in [0.15, 0.2) is 0 Å². The number of nitrogens with one attached hydrogen (secondary N) is 1.